The van der Waals surface area contributed by atoms with Crippen molar-refractivity contribution >= 4 is 11.9 Å². The van der Waals surface area contributed by atoms with Crippen molar-refractivity contribution in [3.8, 4) is 0 Å². The molecule has 2 fully saturated rings. The van der Waals surface area contributed by atoms with Gasteiger partial charge in [0.15, 0.2) is 5.69 Å². The Bertz CT molecular complexity index is 793. The van der Waals surface area contributed by atoms with Crippen LogP contribution in [0.25, 0.3) is 0 Å². The Morgan fingerprint density at radius 2 is 2.15 bits per heavy atom. The number of rotatable bonds is 6. The van der Waals surface area contributed by atoms with Gasteiger partial charge in [-0.15, -0.1) is 5.10 Å². The zero-order chi connectivity index (χ0) is 18.3. The van der Waals surface area contributed by atoms with E-state index in [4.69, 9.17) is 4.42 Å². The Kier molecular flexibility index (Phi) is 4.39. The van der Waals surface area contributed by atoms with E-state index in [1.165, 1.54) is 0 Å². The first-order valence-corrected chi connectivity index (χ1v) is 9.06. The molecule has 9 nitrogen and oxygen atoms in total. The molecule has 0 radical (unpaired) electrons. The van der Waals surface area contributed by atoms with Crippen LogP contribution >= 0.6 is 0 Å². The van der Waals surface area contributed by atoms with Crippen LogP contribution in [0.4, 0.5) is 6.01 Å². The van der Waals surface area contributed by atoms with E-state index in [0.29, 0.717) is 24.2 Å². The Labute approximate surface area is 152 Å². The van der Waals surface area contributed by atoms with Crippen molar-refractivity contribution in [3.63, 3.8) is 0 Å². The van der Waals surface area contributed by atoms with Gasteiger partial charge in [-0.05, 0) is 19.3 Å². The van der Waals surface area contributed by atoms with Crippen LogP contribution in [0.5, 0.6) is 0 Å². The molecule has 9 heteroatoms. The first kappa shape index (κ1) is 17.0. The fourth-order valence-corrected chi connectivity index (χ4v) is 3.34. The Balaban J connectivity index is 1.36. The number of nitrogens with one attached hydrogen (secondary N) is 1. The molecule has 0 aromatic carbocycles. The van der Waals surface area contributed by atoms with Gasteiger partial charge in [0.05, 0.1) is 0 Å². The summed E-state index contributed by atoms with van der Waals surface area (Å²) in [5.74, 6) is 1.16. The second-order valence-corrected chi connectivity index (χ2v) is 7.46. The summed E-state index contributed by atoms with van der Waals surface area (Å²) in [6, 6.07) is 0.788. The highest BCUT2D eigenvalue weighted by Crippen LogP contribution is 2.39. The van der Waals surface area contributed by atoms with Gasteiger partial charge in [0, 0.05) is 64.5 Å². The minimum atomic E-state index is -0.0621. The lowest BCUT2D eigenvalue weighted by molar-refractivity contribution is 0.0819. The summed E-state index contributed by atoms with van der Waals surface area (Å²) < 4.78 is 7.39. The Hall–Kier alpha value is -2.42. The number of hydrogen-bond acceptors (Lipinski definition) is 7. The van der Waals surface area contributed by atoms with Crippen LogP contribution in [0, 0.1) is 0 Å². The number of aromatic nitrogens is 4. The molecule has 1 unspecified atom stereocenters. The van der Waals surface area contributed by atoms with Crippen molar-refractivity contribution in [2.75, 3.05) is 32.5 Å². The number of aryl methyl sites for hydroxylation is 1. The summed E-state index contributed by atoms with van der Waals surface area (Å²) in [4.78, 5) is 16.2. The summed E-state index contributed by atoms with van der Waals surface area (Å²) in [5, 5.41) is 15.9. The van der Waals surface area contributed by atoms with Crippen molar-refractivity contribution in [1.82, 2.24) is 29.8 Å². The highest BCUT2D eigenvalue weighted by Gasteiger charge is 2.31. The molecule has 2 aromatic rings. The predicted molar refractivity (Wildman–Crippen MR) is 94.8 cm³/mol. The van der Waals surface area contributed by atoms with Gasteiger partial charge in [-0.2, -0.15) is 5.10 Å². The van der Waals surface area contributed by atoms with E-state index in [0.717, 1.165) is 43.8 Å². The number of hydrogen-bond donors (Lipinski definition) is 1. The second-order valence-electron chi connectivity index (χ2n) is 7.46. The first-order chi connectivity index (χ1) is 12.5. The summed E-state index contributed by atoms with van der Waals surface area (Å²) in [7, 11) is 5.34. The SMILES string of the molecule is CN(C)C(=O)c1nn(C)cc1CN1CCC(Nc2nnc(C3CC3)o2)C1. The maximum Gasteiger partial charge on any atom is 0.315 e. The van der Waals surface area contributed by atoms with Crippen molar-refractivity contribution < 1.29 is 9.21 Å². The first-order valence-electron chi connectivity index (χ1n) is 9.06. The summed E-state index contributed by atoms with van der Waals surface area (Å²) >= 11 is 0. The fourth-order valence-electron chi connectivity index (χ4n) is 3.34. The molecular formula is C17H25N7O2. The molecule has 1 atom stereocenters. The lowest BCUT2D eigenvalue weighted by Crippen LogP contribution is -2.28. The fraction of sp³-hybridized carbons (Fsp3) is 0.647. The van der Waals surface area contributed by atoms with E-state index in [1.54, 1.807) is 23.7 Å². The number of amides is 1. The second kappa shape index (κ2) is 6.71. The van der Waals surface area contributed by atoms with Gasteiger partial charge in [0.2, 0.25) is 5.89 Å². The van der Waals surface area contributed by atoms with E-state index in [-0.39, 0.29) is 11.9 Å². The molecule has 0 spiro atoms. The normalized spacial score (nSPS) is 20.5. The maximum atomic E-state index is 12.3. The van der Waals surface area contributed by atoms with Crippen LogP contribution in [-0.2, 0) is 13.6 Å². The summed E-state index contributed by atoms with van der Waals surface area (Å²) in [6.07, 6.45) is 5.23. The van der Waals surface area contributed by atoms with Crippen LogP contribution in [0.15, 0.2) is 10.6 Å². The lowest BCUT2D eigenvalue weighted by atomic mass is 10.2. The number of anilines is 1. The molecule has 4 rings (SSSR count). The molecule has 1 N–H and O–H groups in total. The van der Waals surface area contributed by atoms with E-state index in [2.05, 4.69) is 25.5 Å². The maximum absolute atomic E-state index is 12.3. The molecular weight excluding hydrogens is 334 g/mol. The zero-order valence-electron chi connectivity index (χ0n) is 15.5. The van der Waals surface area contributed by atoms with Crippen LogP contribution < -0.4 is 5.32 Å². The third kappa shape index (κ3) is 3.57. The largest absolute Gasteiger partial charge is 0.408 e. The minimum Gasteiger partial charge on any atom is -0.408 e. The van der Waals surface area contributed by atoms with Gasteiger partial charge < -0.3 is 14.6 Å². The molecule has 26 heavy (non-hydrogen) atoms. The van der Waals surface area contributed by atoms with E-state index in [9.17, 15) is 4.79 Å². The molecule has 1 amide bonds. The molecule has 1 aliphatic heterocycles. The average Bonchev–Trinajstić information content (AvgIpc) is 3.00. The molecule has 140 valence electrons. The monoisotopic (exact) mass is 359 g/mol. The zero-order valence-corrected chi connectivity index (χ0v) is 15.5. The predicted octanol–water partition coefficient (Wildman–Crippen LogP) is 1.07. The van der Waals surface area contributed by atoms with E-state index < -0.39 is 0 Å². The Morgan fingerprint density at radius 3 is 2.88 bits per heavy atom. The van der Waals surface area contributed by atoms with Gasteiger partial charge in [-0.25, -0.2) is 0 Å². The van der Waals surface area contributed by atoms with Gasteiger partial charge in [0.25, 0.3) is 5.91 Å². The van der Waals surface area contributed by atoms with Crippen LogP contribution in [0.1, 0.15) is 47.1 Å². The van der Waals surface area contributed by atoms with Crippen LogP contribution in [0.2, 0.25) is 0 Å². The molecule has 0 bridgehead atoms. The van der Waals surface area contributed by atoms with Gasteiger partial charge in [0.1, 0.15) is 0 Å². The number of carbonyl (C=O) groups excluding carboxylic acids is 1. The van der Waals surface area contributed by atoms with E-state index >= 15 is 0 Å². The van der Waals surface area contributed by atoms with Gasteiger partial charge in [-0.1, -0.05) is 5.10 Å². The third-order valence-corrected chi connectivity index (χ3v) is 4.87. The smallest absolute Gasteiger partial charge is 0.315 e. The van der Waals surface area contributed by atoms with Crippen molar-refractivity contribution in [2.24, 2.45) is 7.05 Å². The minimum absolute atomic E-state index is 0.0621. The molecule has 1 saturated heterocycles. The topological polar surface area (TPSA) is 92.3 Å². The van der Waals surface area contributed by atoms with Crippen molar-refractivity contribution in [2.45, 2.75) is 37.8 Å². The lowest BCUT2D eigenvalue weighted by Gasteiger charge is -2.16. The van der Waals surface area contributed by atoms with Gasteiger partial charge >= 0.3 is 6.01 Å². The highest BCUT2D eigenvalue weighted by molar-refractivity contribution is 5.93. The molecule has 2 aliphatic rings. The third-order valence-electron chi connectivity index (χ3n) is 4.87. The van der Waals surface area contributed by atoms with Gasteiger partial charge in [-0.3, -0.25) is 14.4 Å². The number of carbonyl (C=O) groups is 1. The Morgan fingerprint density at radius 1 is 1.35 bits per heavy atom. The average molecular weight is 359 g/mol. The molecule has 1 aliphatic carbocycles. The quantitative estimate of drug-likeness (QED) is 0.825. The number of likely N-dealkylation sites (tertiary alicyclic amines) is 1. The van der Waals surface area contributed by atoms with Crippen molar-refractivity contribution in [1.29, 1.82) is 0 Å². The molecule has 2 aromatic heterocycles. The molecule has 1 saturated carbocycles. The van der Waals surface area contributed by atoms with Crippen molar-refractivity contribution in [3.05, 3.63) is 23.3 Å². The van der Waals surface area contributed by atoms with Crippen LogP contribution in [0.3, 0.4) is 0 Å². The summed E-state index contributed by atoms with van der Waals surface area (Å²) in [5.41, 5.74) is 1.49. The number of nitrogens with zero attached hydrogens (tertiary/aromatic N) is 6. The van der Waals surface area contributed by atoms with Crippen LogP contribution in [-0.4, -0.2) is 68.9 Å². The standard InChI is InChI=1S/C17H25N7O2/c1-22(2)16(25)14-12(8-23(3)21-14)9-24-7-6-13(10-24)18-17-20-19-15(26-17)11-4-5-11/h8,11,13H,4-7,9-10H2,1-3H3,(H,18,20). The molecule has 3 heterocycles. The summed E-state index contributed by atoms with van der Waals surface area (Å²) in [6.45, 7) is 2.52. The highest BCUT2D eigenvalue weighted by atomic mass is 16.4. The van der Waals surface area contributed by atoms with E-state index in [1.807, 2.05) is 13.2 Å².